The van der Waals surface area contributed by atoms with Crippen molar-refractivity contribution in [2.24, 2.45) is 5.92 Å². The van der Waals surface area contributed by atoms with Gasteiger partial charge < -0.3 is 10.2 Å². The third-order valence-electron chi connectivity index (χ3n) is 3.92. The van der Waals surface area contributed by atoms with Gasteiger partial charge in [0.2, 0.25) is 11.8 Å². The standard InChI is InChI=1S/C17H18ClN3O2S/c1-11-10-24-15(20-11)5-6-19-17(23)12-7-16(22)21(9-12)14-4-2-3-13(18)8-14/h2-4,8,10,12H,5-7,9H2,1H3,(H,19,23)/t12-/m0/s1. The predicted octanol–water partition coefficient (Wildman–Crippen LogP) is 2.82. The van der Waals surface area contributed by atoms with E-state index in [1.165, 1.54) is 0 Å². The van der Waals surface area contributed by atoms with Gasteiger partial charge in [-0.1, -0.05) is 17.7 Å². The maximum atomic E-state index is 12.3. The number of amides is 2. The minimum absolute atomic E-state index is 0.0482. The Balaban J connectivity index is 1.54. The molecule has 0 aliphatic carbocycles. The highest BCUT2D eigenvalue weighted by atomic mass is 35.5. The number of carbonyl (C=O) groups excluding carboxylic acids is 2. The van der Waals surface area contributed by atoms with Crippen molar-refractivity contribution in [2.45, 2.75) is 19.8 Å². The molecular weight excluding hydrogens is 346 g/mol. The number of hydrogen-bond acceptors (Lipinski definition) is 4. The van der Waals surface area contributed by atoms with Crippen LogP contribution in [0.15, 0.2) is 29.6 Å². The summed E-state index contributed by atoms with van der Waals surface area (Å²) in [6, 6.07) is 7.13. The maximum Gasteiger partial charge on any atom is 0.227 e. The van der Waals surface area contributed by atoms with Crippen molar-refractivity contribution in [3.8, 4) is 0 Å². The summed E-state index contributed by atoms with van der Waals surface area (Å²) in [6.07, 6.45) is 0.942. The zero-order valence-corrected chi connectivity index (χ0v) is 14.9. The molecule has 1 aliphatic heterocycles. The van der Waals surface area contributed by atoms with Crippen LogP contribution < -0.4 is 10.2 Å². The van der Waals surface area contributed by atoms with E-state index in [1.807, 2.05) is 18.4 Å². The van der Waals surface area contributed by atoms with Crippen molar-refractivity contribution in [2.75, 3.05) is 18.0 Å². The molecular formula is C17H18ClN3O2S. The van der Waals surface area contributed by atoms with Gasteiger partial charge in [-0.25, -0.2) is 4.98 Å². The zero-order valence-electron chi connectivity index (χ0n) is 13.3. The fourth-order valence-electron chi connectivity index (χ4n) is 2.73. The van der Waals surface area contributed by atoms with Crippen molar-refractivity contribution in [1.29, 1.82) is 0 Å². The summed E-state index contributed by atoms with van der Waals surface area (Å²) in [5, 5.41) is 6.49. The van der Waals surface area contributed by atoms with Crippen LogP contribution in [0.5, 0.6) is 0 Å². The number of aryl methyl sites for hydroxylation is 1. The smallest absolute Gasteiger partial charge is 0.227 e. The van der Waals surface area contributed by atoms with E-state index >= 15 is 0 Å². The minimum atomic E-state index is -0.325. The summed E-state index contributed by atoms with van der Waals surface area (Å²) < 4.78 is 0. The molecule has 0 unspecified atom stereocenters. The molecule has 0 spiro atoms. The summed E-state index contributed by atoms with van der Waals surface area (Å²) in [6.45, 7) is 2.88. The van der Waals surface area contributed by atoms with Crippen molar-refractivity contribution >= 4 is 40.4 Å². The van der Waals surface area contributed by atoms with Crippen molar-refractivity contribution in [3.63, 3.8) is 0 Å². The average molecular weight is 364 g/mol. The van der Waals surface area contributed by atoms with Crippen LogP contribution in [0, 0.1) is 12.8 Å². The Morgan fingerprint density at radius 3 is 3.04 bits per heavy atom. The number of thiazole rings is 1. The molecule has 1 fully saturated rings. The lowest BCUT2D eigenvalue weighted by Crippen LogP contribution is -2.34. The third-order valence-corrected chi connectivity index (χ3v) is 5.18. The monoisotopic (exact) mass is 363 g/mol. The van der Waals surface area contributed by atoms with Crippen LogP contribution in [0.4, 0.5) is 5.69 Å². The zero-order chi connectivity index (χ0) is 17.1. The molecule has 0 bridgehead atoms. The molecule has 1 N–H and O–H groups in total. The Morgan fingerprint density at radius 2 is 2.33 bits per heavy atom. The number of nitrogens with one attached hydrogen (secondary N) is 1. The molecule has 126 valence electrons. The van der Waals surface area contributed by atoms with Crippen LogP contribution in [0.3, 0.4) is 0 Å². The predicted molar refractivity (Wildman–Crippen MR) is 95.5 cm³/mol. The summed E-state index contributed by atoms with van der Waals surface area (Å²) in [4.78, 5) is 30.5. The molecule has 1 aliphatic rings. The normalized spacial score (nSPS) is 17.3. The van der Waals surface area contributed by atoms with Gasteiger partial charge in [-0.2, -0.15) is 0 Å². The molecule has 2 amide bonds. The number of halogens is 1. The highest BCUT2D eigenvalue weighted by Crippen LogP contribution is 2.27. The quantitative estimate of drug-likeness (QED) is 0.888. The Labute approximate surface area is 149 Å². The molecule has 3 rings (SSSR count). The Bertz CT molecular complexity index is 762. The summed E-state index contributed by atoms with van der Waals surface area (Å²) >= 11 is 7.57. The minimum Gasteiger partial charge on any atom is -0.355 e. The van der Waals surface area contributed by atoms with Crippen molar-refractivity contribution in [3.05, 3.63) is 45.4 Å². The first-order chi connectivity index (χ1) is 11.5. The SMILES string of the molecule is Cc1csc(CCNC(=O)[C@H]2CC(=O)N(c3cccc(Cl)c3)C2)n1. The van der Waals surface area contributed by atoms with E-state index in [0.29, 0.717) is 24.5 Å². The lowest BCUT2D eigenvalue weighted by Gasteiger charge is -2.17. The number of benzene rings is 1. The molecule has 2 heterocycles. The van der Waals surface area contributed by atoms with Crippen LogP contribution in [-0.2, 0) is 16.0 Å². The summed E-state index contributed by atoms with van der Waals surface area (Å²) in [5.41, 5.74) is 1.74. The first-order valence-corrected chi connectivity index (χ1v) is 9.03. The van der Waals surface area contributed by atoms with E-state index in [-0.39, 0.29) is 24.2 Å². The molecule has 0 saturated carbocycles. The molecule has 5 nitrogen and oxygen atoms in total. The summed E-state index contributed by atoms with van der Waals surface area (Å²) in [7, 11) is 0. The number of rotatable bonds is 5. The first-order valence-electron chi connectivity index (χ1n) is 7.77. The summed E-state index contributed by atoms with van der Waals surface area (Å²) in [5.74, 6) is -0.455. The second-order valence-electron chi connectivity index (χ2n) is 5.81. The number of aromatic nitrogens is 1. The first kappa shape index (κ1) is 16.9. The van der Waals surface area contributed by atoms with Gasteiger partial charge in [0.1, 0.15) is 0 Å². The van der Waals surface area contributed by atoms with E-state index < -0.39 is 0 Å². The molecule has 1 saturated heterocycles. The molecule has 2 aromatic rings. The maximum absolute atomic E-state index is 12.3. The van der Waals surface area contributed by atoms with Gasteiger partial charge in [0, 0.05) is 47.7 Å². The fourth-order valence-corrected chi connectivity index (χ4v) is 3.69. The van der Waals surface area contributed by atoms with Crippen LogP contribution >= 0.6 is 22.9 Å². The number of carbonyl (C=O) groups is 2. The van der Waals surface area contributed by atoms with Gasteiger partial charge in [0.15, 0.2) is 0 Å². The van der Waals surface area contributed by atoms with Crippen LogP contribution in [0.1, 0.15) is 17.1 Å². The van der Waals surface area contributed by atoms with E-state index in [0.717, 1.165) is 16.4 Å². The van der Waals surface area contributed by atoms with Crippen LogP contribution in [-0.4, -0.2) is 29.9 Å². The number of nitrogens with zero attached hydrogens (tertiary/aromatic N) is 2. The molecule has 7 heteroatoms. The lowest BCUT2D eigenvalue weighted by atomic mass is 10.1. The number of anilines is 1. The van der Waals surface area contributed by atoms with Gasteiger partial charge in [0.25, 0.3) is 0 Å². The van der Waals surface area contributed by atoms with E-state index in [9.17, 15) is 9.59 Å². The van der Waals surface area contributed by atoms with Gasteiger partial charge in [-0.3, -0.25) is 9.59 Å². The fraction of sp³-hybridized carbons (Fsp3) is 0.353. The number of hydrogen-bond donors (Lipinski definition) is 1. The van der Waals surface area contributed by atoms with E-state index in [2.05, 4.69) is 10.3 Å². The molecule has 1 atom stereocenters. The lowest BCUT2D eigenvalue weighted by molar-refractivity contribution is -0.126. The molecule has 1 aromatic heterocycles. The largest absolute Gasteiger partial charge is 0.355 e. The Morgan fingerprint density at radius 1 is 1.50 bits per heavy atom. The molecule has 24 heavy (non-hydrogen) atoms. The molecule has 0 radical (unpaired) electrons. The topological polar surface area (TPSA) is 62.3 Å². The average Bonchev–Trinajstić information content (AvgIpc) is 3.13. The molecule has 1 aromatic carbocycles. The van der Waals surface area contributed by atoms with Crippen LogP contribution in [0.2, 0.25) is 5.02 Å². The van der Waals surface area contributed by atoms with Crippen LogP contribution in [0.25, 0.3) is 0 Å². The van der Waals surface area contributed by atoms with Gasteiger partial charge in [-0.05, 0) is 25.1 Å². The van der Waals surface area contributed by atoms with E-state index in [1.54, 1.807) is 34.4 Å². The van der Waals surface area contributed by atoms with Gasteiger partial charge >= 0.3 is 0 Å². The van der Waals surface area contributed by atoms with Crippen molar-refractivity contribution in [1.82, 2.24) is 10.3 Å². The second-order valence-corrected chi connectivity index (χ2v) is 7.19. The second kappa shape index (κ2) is 7.32. The van der Waals surface area contributed by atoms with E-state index in [4.69, 9.17) is 11.6 Å². The third kappa shape index (κ3) is 3.94. The van der Waals surface area contributed by atoms with Gasteiger partial charge in [0.05, 0.1) is 10.9 Å². The Kier molecular flexibility index (Phi) is 5.16. The Hall–Kier alpha value is -1.92. The van der Waals surface area contributed by atoms with Crippen molar-refractivity contribution < 1.29 is 9.59 Å². The highest BCUT2D eigenvalue weighted by Gasteiger charge is 2.35. The van der Waals surface area contributed by atoms with Gasteiger partial charge in [-0.15, -0.1) is 11.3 Å². The highest BCUT2D eigenvalue weighted by molar-refractivity contribution is 7.09.